The highest BCUT2D eigenvalue weighted by molar-refractivity contribution is 6.02. The van der Waals surface area contributed by atoms with Gasteiger partial charge >= 0.3 is 11.8 Å². The van der Waals surface area contributed by atoms with Crippen LogP contribution in [0.5, 0.6) is 5.75 Å². The Morgan fingerprint density at radius 1 is 1.30 bits per heavy atom. The van der Waals surface area contributed by atoms with E-state index in [2.05, 4.69) is 25.4 Å². The molecule has 0 spiro atoms. The van der Waals surface area contributed by atoms with Crippen molar-refractivity contribution in [1.29, 1.82) is 0 Å². The number of aromatic nitrogens is 4. The average molecular weight is 311 g/mol. The van der Waals surface area contributed by atoms with Gasteiger partial charge in [-0.3, -0.25) is 9.78 Å². The predicted molar refractivity (Wildman–Crippen MR) is 81.0 cm³/mol. The lowest BCUT2D eigenvalue weighted by Gasteiger charge is -2.09. The van der Waals surface area contributed by atoms with Crippen LogP contribution in [0.4, 0.5) is 5.69 Å². The van der Waals surface area contributed by atoms with Crippen molar-refractivity contribution in [2.24, 2.45) is 0 Å². The van der Waals surface area contributed by atoms with E-state index in [4.69, 9.17) is 9.26 Å². The minimum Gasteiger partial charge on any atom is -0.495 e. The van der Waals surface area contributed by atoms with Crippen LogP contribution >= 0.6 is 0 Å². The summed E-state index contributed by atoms with van der Waals surface area (Å²) in [5.74, 6) is 0.0304. The van der Waals surface area contributed by atoms with Gasteiger partial charge in [-0.2, -0.15) is 4.98 Å². The Morgan fingerprint density at radius 3 is 2.91 bits per heavy atom. The number of hydrogen-bond donors (Lipinski definition) is 1. The first-order valence-corrected chi connectivity index (χ1v) is 6.73. The highest BCUT2D eigenvalue weighted by Crippen LogP contribution is 2.25. The van der Waals surface area contributed by atoms with Gasteiger partial charge in [-0.25, -0.2) is 4.98 Å². The van der Waals surface area contributed by atoms with Crippen LogP contribution in [0.1, 0.15) is 16.2 Å². The molecule has 1 aromatic carbocycles. The maximum atomic E-state index is 12.2. The van der Waals surface area contributed by atoms with Crippen LogP contribution in [0.25, 0.3) is 11.5 Å². The Kier molecular flexibility index (Phi) is 3.96. The summed E-state index contributed by atoms with van der Waals surface area (Å²) in [6.45, 7) is 1.91. The summed E-state index contributed by atoms with van der Waals surface area (Å²) in [6.07, 6.45) is 4.51. The topological polar surface area (TPSA) is 103 Å². The third-order valence-electron chi connectivity index (χ3n) is 3.02. The molecule has 0 atom stereocenters. The van der Waals surface area contributed by atoms with Crippen LogP contribution < -0.4 is 10.1 Å². The molecular formula is C15H13N5O3. The van der Waals surface area contributed by atoms with Crippen LogP contribution in [0.15, 0.2) is 41.3 Å². The van der Waals surface area contributed by atoms with Crippen molar-refractivity contribution in [3.05, 3.63) is 48.2 Å². The first-order chi connectivity index (χ1) is 11.2. The molecule has 8 nitrogen and oxygen atoms in total. The van der Waals surface area contributed by atoms with Crippen molar-refractivity contribution >= 4 is 11.6 Å². The lowest BCUT2D eigenvalue weighted by Crippen LogP contribution is -2.13. The van der Waals surface area contributed by atoms with E-state index < -0.39 is 5.91 Å². The van der Waals surface area contributed by atoms with Gasteiger partial charge in [0.15, 0.2) is 0 Å². The normalized spacial score (nSPS) is 10.3. The standard InChI is InChI=1S/C15H13N5O3/c1-9-3-4-12(22-2)10(7-9)18-14(21)15-19-13(20-23-15)11-8-16-5-6-17-11/h3-8H,1-2H3,(H,18,21). The lowest BCUT2D eigenvalue weighted by molar-refractivity contribution is 0.0981. The average Bonchev–Trinajstić information content (AvgIpc) is 3.06. The van der Waals surface area contributed by atoms with Gasteiger partial charge in [0.1, 0.15) is 11.4 Å². The van der Waals surface area contributed by atoms with E-state index in [9.17, 15) is 4.79 Å². The predicted octanol–water partition coefficient (Wildman–Crippen LogP) is 2.10. The van der Waals surface area contributed by atoms with Gasteiger partial charge in [0.05, 0.1) is 19.0 Å². The van der Waals surface area contributed by atoms with Crippen LogP contribution in [0.3, 0.4) is 0 Å². The summed E-state index contributed by atoms with van der Waals surface area (Å²) in [5.41, 5.74) is 1.92. The number of carbonyl (C=O) groups excluding carboxylic acids is 1. The lowest BCUT2D eigenvalue weighted by atomic mass is 10.2. The third kappa shape index (κ3) is 3.15. The van der Waals surface area contributed by atoms with Gasteiger partial charge in [0, 0.05) is 12.4 Å². The molecule has 2 aromatic heterocycles. The summed E-state index contributed by atoms with van der Waals surface area (Å²) in [7, 11) is 1.53. The molecule has 0 radical (unpaired) electrons. The molecule has 0 fully saturated rings. The van der Waals surface area contributed by atoms with Gasteiger partial charge in [0.25, 0.3) is 0 Å². The number of methoxy groups -OCH3 is 1. The number of carbonyl (C=O) groups is 1. The third-order valence-corrected chi connectivity index (χ3v) is 3.02. The monoisotopic (exact) mass is 311 g/mol. The number of hydrogen-bond acceptors (Lipinski definition) is 7. The van der Waals surface area contributed by atoms with Gasteiger partial charge < -0.3 is 14.6 Å². The zero-order valence-corrected chi connectivity index (χ0v) is 12.5. The zero-order chi connectivity index (χ0) is 16.2. The summed E-state index contributed by atoms with van der Waals surface area (Å²) in [4.78, 5) is 24.2. The van der Waals surface area contributed by atoms with Gasteiger partial charge in [-0.1, -0.05) is 11.2 Å². The molecular weight excluding hydrogens is 298 g/mol. The van der Waals surface area contributed by atoms with E-state index in [1.807, 2.05) is 13.0 Å². The van der Waals surface area contributed by atoms with Crippen molar-refractivity contribution < 1.29 is 14.1 Å². The minimum atomic E-state index is -0.531. The minimum absolute atomic E-state index is 0.172. The van der Waals surface area contributed by atoms with Gasteiger partial charge in [-0.15, -0.1) is 0 Å². The molecule has 0 unspecified atom stereocenters. The van der Waals surface area contributed by atoms with Crippen molar-refractivity contribution in [2.75, 3.05) is 12.4 Å². The Morgan fingerprint density at radius 2 is 2.17 bits per heavy atom. The molecule has 116 valence electrons. The number of anilines is 1. The van der Waals surface area contributed by atoms with E-state index in [1.54, 1.807) is 12.1 Å². The number of ether oxygens (including phenoxy) is 1. The maximum Gasteiger partial charge on any atom is 0.316 e. The fraction of sp³-hybridized carbons (Fsp3) is 0.133. The molecule has 0 aliphatic heterocycles. The summed E-state index contributed by atoms with van der Waals surface area (Å²) in [5, 5.41) is 6.42. The Balaban J connectivity index is 1.82. The molecule has 0 saturated carbocycles. The highest BCUT2D eigenvalue weighted by atomic mass is 16.5. The second-order valence-corrected chi connectivity index (χ2v) is 4.67. The molecule has 0 aliphatic carbocycles. The molecule has 23 heavy (non-hydrogen) atoms. The molecule has 0 saturated heterocycles. The van der Waals surface area contributed by atoms with Crippen LogP contribution in [-0.4, -0.2) is 33.1 Å². The summed E-state index contributed by atoms with van der Waals surface area (Å²) >= 11 is 0. The Hall–Kier alpha value is -3.29. The number of aryl methyl sites for hydroxylation is 1. The van der Waals surface area contributed by atoms with Crippen LogP contribution in [0.2, 0.25) is 0 Å². The van der Waals surface area contributed by atoms with Gasteiger partial charge in [-0.05, 0) is 24.6 Å². The molecule has 3 rings (SSSR count). The number of nitrogens with zero attached hydrogens (tertiary/aromatic N) is 4. The molecule has 1 N–H and O–H groups in total. The summed E-state index contributed by atoms with van der Waals surface area (Å²) < 4.78 is 10.2. The Bertz CT molecular complexity index is 832. The Labute approximate surface area is 131 Å². The number of nitrogens with one attached hydrogen (secondary N) is 1. The second kappa shape index (κ2) is 6.22. The molecule has 8 heteroatoms. The number of amides is 1. The van der Waals surface area contributed by atoms with Crippen LogP contribution in [-0.2, 0) is 0 Å². The smallest absolute Gasteiger partial charge is 0.316 e. The zero-order valence-electron chi connectivity index (χ0n) is 12.5. The van der Waals surface area contributed by atoms with E-state index in [0.29, 0.717) is 17.1 Å². The van der Waals surface area contributed by atoms with E-state index in [-0.39, 0.29) is 11.7 Å². The van der Waals surface area contributed by atoms with E-state index in [0.717, 1.165) is 5.56 Å². The maximum absolute atomic E-state index is 12.2. The first-order valence-electron chi connectivity index (χ1n) is 6.73. The molecule has 3 aromatic rings. The molecule has 2 heterocycles. The van der Waals surface area contributed by atoms with Crippen LogP contribution in [0, 0.1) is 6.92 Å². The van der Waals surface area contributed by atoms with E-state index in [1.165, 1.54) is 25.7 Å². The quantitative estimate of drug-likeness (QED) is 0.786. The first kappa shape index (κ1) is 14.6. The highest BCUT2D eigenvalue weighted by Gasteiger charge is 2.18. The largest absolute Gasteiger partial charge is 0.495 e. The fourth-order valence-electron chi connectivity index (χ4n) is 1.93. The van der Waals surface area contributed by atoms with Crippen molar-refractivity contribution in [3.8, 4) is 17.3 Å². The summed E-state index contributed by atoms with van der Waals surface area (Å²) in [6, 6.07) is 5.44. The second-order valence-electron chi connectivity index (χ2n) is 4.67. The van der Waals surface area contributed by atoms with Crippen molar-refractivity contribution in [3.63, 3.8) is 0 Å². The van der Waals surface area contributed by atoms with Crippen molar-refractivity contribution in [1.82, 2.24) is 20.1 Å². The van der Waals surface area contributed by atoms with Crippen molar-refractivity contribution in [2.45, 2.75) is 6.92 Å². The fourth-order valence-corrected chi connectivity index (χ4v) is 1.93. The number of benzene rings is 1. The number of rotatable bonds is 4. The van der Waals surface area contributed by atoms with Gasteiger partial charge in [0.2, 0.25) is 5.82 Å². The molecule has 0 aliphatic rings. The SMILES string of the molecule is COc1ccc(C)cc1NC(=O)c1nc(-c2cnccn2)no1. The molecule has 1 amide bonds. The molecule has 0 bridgehead atoms. The van der Waals surface area contributed by atoms with E-state index >= 15 is 0 Å².